The third kappa shape index (κ3) is 7.73. The van der Waals surface area contributed by atoms with Crippen LogP contribution in [0.1, 0.15) is 49.7 Å². The van der Waals surface area contributed by atoms with Gasteiger partial charge in [0.15, 0.2) is 0 Å². The van der Waals surface area contributed by atoms with Gasteiger partial charge in [0.05, 0.1) is 5.56 Å². The van der Waals surface area contributed by atoms with Crippen LogP contribution in [0.4, 0.5) is 13.2 Å². The molecular weight excluding hydrogens is 279 g/mol. The van der Waals surface area contributed by atoms with Gasteiger partial charge < -0.3 is 5.32 Å². The van der Waals surface area contributed by atoms with Crippen LogP contribution in [-0.4, -0.2) is 13.0 Å². The molecular formula is C16H22F3NO. The van der Waals surface area contributed by atoms with E-state index in [1.165, 1.54) is 50.7 Å². The summed E-state index contributed by atoms with van der Waals surface area (Å²) in [5, 5.41) is 2.44. The summed E-state index contributed by atoms with van der Waals surface area (Å²) in [6.07, 6.45) is 5.79. The third-order valence-electron chi connectivity index (χ3n) is 3.42. The summed E-state index contributed by atoms with van der Waals surface area (Å²) in [5.41, 5.74) is 0.104. The highest BCUT2D eigenvalue weighted by molar-refractivity contribution is 5.45. The van der Waals surface area contributed by atoms with Crippen LogP contribution in [0.2, 0.25) is 0 Å². The summed E-state index contributed by atoms with van der Waals surface area (Å²) in [6.45, 7) is 0.425. The minimum atomic E-state index is -4.29. The number of carbonyl (C=O) groups excluding carboxylic acids is 1. The Kier molecular flexibility index (Phi) is 7.87. The Morgan fingerprint density at radius 3 is 1.81 bits per heavy atom. The molecule has 0 spiro atoms. The van der Waals surface area contributed by atoms with E-state index in [0.717, 1.165) is 17.7 Å². The van der Waals surface area contributed by atoms with Gasteiger partial charge in [-0.15, -0.1) is 0 Å². The molecule has 1 saturated carbocycles. The molecule has 1 aromatic rings. The van der Waals surface area contributed by atoms with Gasteiger partial charge in [-0.2, -0.15) is 13.2 Å². The van der Waals surface area contributed by atoms with E-state index < -0.39 is 11.7 Å². The van der Waals surface area contributed by atoms with E-state index in [9.17, 15) is 18.0 Å². The second kappa shape index (κ2) is 9.42. The number of amides is 1. The van der Waals surface area contributed by atoms with Crippen LogP contribution in [0.3, 0.4) is 0 Å². The van der Waals surface area contributed by atoms with Gasteiger partial charge in [-0.1, -0.05) is 50.7 Å². The average Bonchev–Trinajstić information content (AvgIpc) is 2.50. The van der Waals surface area contributed by atoms with E-state index >= 15 is 0 Å². The van der Waals surface area contributed by atoms with Gasteiger partial charge in [0, 0.05) is 6.54 Å². The summed E-state index contributed by atoms with van der Waals surface area (Å²) in [5.74, 6) is 0. The van der Waals surface area contributed by atoms with Crippen molar-refractivity contribution in [1.82, 2.24) is 5.32 Å². The zero-order valence-corrected chi connectivity index (χ0v) is 12.1. The number of rotatable bonds is 4. The SMILES string of the molecule is C1CCCCC1.O=CNCCc1ccc(C(F)(F)F)cc1. The first kappa shape index (κ1) is 17.5. The molecule has 1 aliphatic rings. The van der Waals surface area contributed by atoms with Crippen LogP contribution < -0.4 is 5.32 Å². The lowest BCUT2D eigenvalue weighted by molar-refractivity contribution is -0.137. The van der Waals surface area contributed by atoms with Crippen LogP contribution in [0.5, 0.6) is 0 Å². The Morgan fingerprint density at radius 1 is 0.952 bits per heavy atom. The Bertz CT molecular complexity index is 385. The van der Waals surface area contributed by atoms with Gasteiger partial charge in [0.1, 0.15) is 0 Å². The fourth-order valence-electron chi connectivity index (χ4n) is 2.20. The lowest BCUT2D eigenvalue weighted by atomic mass is 10.0. The summed E-state index contributed by atoms with van der Waals surface area (Å²) in [6, 6.07) is 4.90. The molecule has 0 bridgehead atoms. The highest BCUT2D eigenvalue weighted by Gasteiger charge is 2.29. The van der Waals surface area contributed by atoms with Gasteiger partial charge in [-0.25, -0.2) is 0 Å². The zero-order valence-electron chi connectivity index (χ0n) is 12.1. The number of hydrogen-bond acceptors (Lipinski definition) is 1. The van der Waals surface area contributed by atoms with Crippen LogP contribution in [0.25, 0.3) is 0 Å². The topological polar surface area (TPSA) is 29.1 Å². The largest absolute Gasteiger partial charge is 0.416 e. The van der Waals surface area contributed by atoms with E-state index in [0.29, 0.717) is 19.4 Å². The van der Waals surface area contributed by atoms with Gasteiger partial charge >= 0.3 is 6.18 Å². The van der Waals surface area contributed by atoms with Crippen molar-refractivity contribution in [2.24, 2.45) is 0 Å². The molecule has 118 valence electrons. The molecule has 0 heterocycles. The number of carbonyl (C=O) groups is 1. The molecule has 1 amide bonds. The van der Waals surface area contributed by atoms with E-state index in [2.05, 4.69) is 5.32 Å². The minimum Gasteiger partial charge on any atom is -0.358 e. The van der Waals surface area contributed by atoms with E-state index in [1.807, 2.05) is 0 Å². The minimum absolute atomic E-state index is 0.425. The predicted molar refractivity (Wildman–Crippen MR) is 76.9 cm³/mol. The zero-order chi connectivity index (χ0) is 15.6. The number of nitrogens with one attached hydrogen (secondary N) is 1. The van der Waals surface area contributed by atoms with Crippen LogP contribution in [0, 0.1) is 0 Å². The lowest BCUT2D eigenvalue weighted by Crippen LogP contribution is -2.14. The Hall–Kier alpha value is -1.52. The molecule has 1 aliphatic carbocycles. The molecule has 2 rings (SSSR count). The van der Waals surface area contributed by atoms with Gasteiger partial charge in [-0.3, -0.25) is 4.79 Å². The van der Waals surface area contributed by atoms with Crippen molar-refractivity contribution < 1.29 is 18.0 Å². The molecule has 0 saturated heterocycles. The van der Waals surface area contributed by atoms with Gasteiger partial charge in [-0.05, 0) is 24.1 Å². The van der Waals surface area contributed by atoms with E-state index in [1.54, 1.807) is 0 Å². The van der Waals surface area contributed by atoms with Crippen molar-refractivity contribution in [3.8, 4) is 0 Å². The number of halogens is 3. The first-order valence-electron chi connectivity index (χ1n) is 7.37. The second-order valence-corrected chi connectivity index (χ2v) is 5.14. The normalized spacial score (nSPS) is 14.8. The quantitative estimate of drug-likeness (QED) is 0.650. The molecule has 2 nitrogen and oxygen atoms in total. The highest BCUT2D eigenvalue weighted by atomic mass is 19.4. The molecule has 0 aliphatic heterocycles. The van der Waals surface area contributed by atoms with Crippen molar-refractivity contribution in [3.05, 3.63) is 35.4 Å². The van der Waals surface area contributed by atoms with Crippen molar-refractivity contribution in [2.45, 2.75) is 51.1 Å². The monoisotopic (exact) mass is 301 g/mol. The first-order chi connectivity index (χ1) is 10.0. The lowest BCUT2D eigenvalue weighted by Gasteiger charge is -2.07. The van der Waals surface area contributed by atoms with Gasteiger partial charge in [0.25, 0.3) is 0 Å². The Morgan fingerprint density at radius 2 is 1.43 bits per heavy atom. The number of benzene rings is 1. The van der Waals surface area contributed by atoms with Crippen LogP contribution in [0.15, 0.2) is 24.3 Å². The maximum atomic E-state index is 12.2. The Labute approximate surface area is 123 Å². The van der Waals surface area contributed by atoms with E-state index in [4.69, 9.17) is 0 Å². The van der Waals surface area contributed by atoms with Crippen molar-refractivity contribution in [3.63, 3.8) is 0 Å². The summed E-state index contributed by atoms with van der Waals surface area (Å²) in [7, 11) is 0. The third-order valence-corrected chi connectivity index (χ3v) is 3.42. The van der Waals surface area contributed by atoms with Gasteiger partial charge in [0.2, 0.25) is 6.41 Å². The van der Waals surface area contributed by atoms with Crippen molar-refractivity contribution >= 4 is 6.41 Å². The van der Waals surface area contributed by atoms with E-state index in [-0.39, 0.29) is 0 Å². The molecule has 0 aromatic heterocycles. The first-order valence-corrected chi connectivity index (χ1v) is 7.37. The van der Waals surface area contributed by atoms with Crippen molar-refractivity contribution in [1.29, 1.82) is 0 Å². The maximum Gasteiger partial charge on any atom is 0.416 e. The highest BCUT2D eigenvalue weighted by Crippen LogP contribution is 2.29. The second-order valence-electron chi connectivity index (χ2n) is 5.14. The molecule has 5 heteroatoms. The molecule has 1 aromatic carbocycles. The van der Waals surface area contributed by atoms with Crippen LogP contribution >= 0.6 is 0 Å². The summed E-state index contributed by atoms with van der Waals surface area (Å²) in [4.78, 5) is 9.92. The molecule has 21 heavy (non-hydrogen) atoms. The molecule has 0 atom stereocenters. The average molecular weight is 301 g/mol. The predicted octanol–water partition coefficient (Wildman–Crippen LogP) is 4.33. The fourth-order valence-corrected chi connectivity index (χ4v) is 2.20. The van der Waals surface area contributed by atoms with Crippen LogP contribution in [-0.2, 0) is 17.4 Å². The maximum absolute atomic E-state index is 12.2. The summed E-state index contributed by atoms with van der Waals surface area (Å²) < 4.78 is 36.5. The summed E-state index contributed by atoms with van der Waals surface area (Å²) >= 11 is 0. The van der Waals surface area contributed by atoms with Crippen molar-refractivity contribution in [2.75, 3.05) is 6.54 Å². The number of hydrogen-bond donors (Lipinski definition) is 1. The number of alkyl halides is 3. The molecule has 0 radical (unpaired) electrons. The molecule has 1 fully saturated rings. The fraction of sp³-hybridized carbons (Fsp3) is 0.562. The molecule has 0 unspecified atom stereocenters. The smallest absolute Gasteiger partial charge is 0.358 e. The standard InChI is InChI=1S/C10H10F3NO.C6H12/c11-10(12,13)9-3-1-8(2-4-9)5-6-14-7-15;1-2-4-6-5-3-1/h1-4,7H,5-6H2,(H,14,15);1-6H2. The molecule has 1 N–H and O–H groups in total. The Balaban J connectivity index is 0.000000304.